The summed E-state index contributed by atoms with van der Waals surface area (Å²) >= 11 is 1.62. The van der Waals surface area contributed by atoms with Gasteiger partial charge in [0.1, 0.15) is 5.01 Å². The van der Waals surface area contributed by atoms with Crippen molar-refractivity contribution in [1.82, 2.24) is 20.3 Å². The number of hydrogen-bond donors (Lipinski definition) is 2. The molecule has 122 valence electrons. The van der Waals surface area contributed by atoms with Crippen molar-refractivity contribution in [1.29, 1.82) is 0 Å². The maximum absolute atomic E-state index is 11.5. The lowest BCUT2D eigenvalue weighted by atomic mass is 9.91. The zero-order valence-electron chi connectivity index (χ0n) is 13.2. The molecule has 0 saturated carbocycles. The molecule has 6 heteroatoms. The van der Waals surface area contributed by atoms with Crippen LogP contribution in [0, 0.1) is 0 Å². The molecule has 1 aliphatic carbocycles. The van der Waals surface area contributed by atoms with Gasteiger partial charge in [0.05, 0.1) is 11.4 Å². The predicted molar refractivity (Wildman–Crippen MR) is 94.9 cm³/mol. The molecule has 3 aromatic rings. The number of fused-ring (bicyclic) bond motifs is 1. The van der Waals surface area contributed by atoms with Crippen LogP contribution in [0.25, 0.3) is 10.7 Å². The molecular formula is C18H18N4OS. The fraction of sp³-hybridized carbons (Fsp3) is 0.278. The first-order chi connectivity index (χ1) is 11.8. The largest absolute Gasteiger partial charge is 0.326 e. The van der Waals surface area contributed by atoms with Crippen molar-refractivity contribution >= 4 is 11.3 Å². The van der Waals surface area contributed by atoms with E-state index >= 15 is 0 Å². The van der Waals surface area contributed by atoms with Crippen molar-refractivity contribution < 1.29 is 0 Å². The van der Waals surface area contributed by atoms with E-state index in [2.05, 4.69) is 25.6 Å². The first kappa shape index (κ1) is 15.2. The molecular weight excluding hydrogens is 320 g/mol. The Morgan fingerprint density at radius 2 is 2.25 bits per heavy atom. The number of aryl methyl sites for hydroxylation is 1. The lowest BCUT2D eigenvalue weighted by molar-refractivity contribution is 0.451. The molecule has 2 N–H and O–H groups in total. The second-order valence-electron chi connectivity index (χ2n) is 5.94. The first-order valence-corrected chi connectivity index (χ1v) is 8.99. The highest BCUT2D eigenvalue weighted by molar-refractivity contribution is 7.13. The van der Waals surface area contributed by atoms with E-state index in [1.165, 1.54) is 5.56 Å². The molecule has 1 aliphatic rings. The summed E-state index contributed by atoms with van der Waals surface area (Å²) in [7, 11) is 0. The third-order valence-corrected chi connectivity index (χ3v) is 5.21. The summed E-state index contributed by atoms with van der Waals surface area (Å²) in [4.78, 5) is 23.5. The van der Waals surface area contributed by atoms with Crippen LogP contribution in [0.3, 0.4) is 0 Å². The van der Waals surface area contributed by atoms with E-state index < -0.39 is 0 Å². The van der Waals surface area contributed by atoms with Gasteiger partial charge in [-0.05, 0) is 37.0 Å². The summed E-state index contributed by atoms with van der Waals surface area (Å²) < 4.78 is 0. The van der Waals surface area contributed by atoms with Gasteiger partial charge in [0, 0.05) is 35.9 Å². The molecule has 0 spiro atoms. The van der Waals surface area contributed by atoms with Crippen LogP contribution in [-0.4, -0.2) is 15.0 Å². The Kier molecular flexibility index (Phi) is 4.23. The molecule has 24 heavy (non-hydrogen) atoms. The van der Waals surface area contributed by atoms with E-state index in [9.17, 15) is 4.79 Å². The Balaban J connectivity index is 1.47. The molecule has 3 aromatic heterocycles. The smallest absolute Gasteiger partial charge is 0.248 e. The minimum atomic E-state index is -0.0195. The molecule has 1 unspecified atom stereocenters. The molecule has 1 atom stereocenters. The molecule has 0 saturated heterocycles. The van der Waals surface area contributed by atoms with Crippen LogP contribution in [0.4, 0.5) is 0 Å². The quantitative estimate of drug-likeness (QED) is 0.767. The van der Waals surface area contributed by atoms with Crippen molar-refractivity contribution in [2.75, 3.05) is 0 Å². The first-order valence-electron chi connectivity index (χ1n) is 8.11. The van der Waals surface area contributed by atoms with Gasteiger partial charge in [0.15, 0.2) is 0 Å². The van der Waals surface area contributed by atoms with Crippen LogP contribution in [-0.2, 0) is 13.0 Å². The van der Waals surface area contributed by atoms with Crippen LogP contribution >= 0.6 is 11.3 Å². The van der Waals surface area contributed by atoms with Gasteiger partial charge >= 0.3 is 0 Å². The monoisotopic (exact) mass is 338 g/mol. The molecule has 0 radical (unpaired) electrons. The average Bonchev–Trinajstić information content (AvgIpc) is 3.09. The highest BCUT2D eigenvalue weighted by Crippen LogP contribution is 2.28. The zero-order chi connectivity index (χ0) is 16.4. The van der Waals surface area contributed by atoms with Crippen LogP contribution in [0.5, 0.6) is 0 Å². The third-order valence-electron chi connectivity index (χ3n) is 4.30. The Bertz CT molecular complexity index is 887. The molecule has 0 aromatic carbocycles. The van der Waals surface area contributed by atoms with Crippen LogP contribution < -0.4 is 10.9 Å². The van der Waals surface area contributed by atoms with E-state index in [0.717, 1.165) is 41.4 Å². The number of aromatic amines is 1. The van der Waals surface area contributed by atoms with Crippen LogP contribution in [0.1, 0.15) is 35.8 Å². The van der Waals surface area contributed by atoms with Crippen molar-refractivity contribution in [2.45, 2.75) is 31.8 Å². The van der Waals surface area contributed by atoms with Crippen molar-refractivity contribution in [3.63, 3.8) is 0 Å². The number of nitrogens with one attached hydrogen (secondary N) is 2. The molecule has 4 rings (SSSR count). The summed E-state index contributed by atoms with van der Waals surface area (Å²) in [6, 6.07) is 9.69. The number of hydrogen-bond acceptors (Lipinski definition) is 5. The average molecular weight is 338 g/mol. The SMILES string of the molecule is O=c1ccc2c([nH]1)CCCC2NCc1csc(-c2ccccn2)n1. The molecule has 0 bridgehead atoms. The Morgan fingerprint density at radius 1 is 1.29 bits per heavy atom. The van der Waals surface area contributed by atoms with E-state index in [4.69, 9.17) is 0 Å². The van der Waals surface area contributed by atoms with Gasteiger partial charge in [-0.25, -0.2) is 4.98 Å². The van der Waals surface area contributed by atoms with Gasteiger partial charge in [-0.15, -0.1) is 11.3 Å². The van der Waals surface area contributed by atoms with Crippen molar-refractivity contribution in [3.05, 3.63) is 69.2 Å². The van der Waals surface area contributed by atoms with Gasteiger partial charge < -0.3 is 10.3 Å². The minimum Gasteiger partial charge on any atom is -0.326 e. The fourth-order valence-corrected chi connectivity index (χ4v) is 3.93. The summed E-state index contributed by atoms with van der Waals surface area (Å²) in [5.74, 6) is 0. The van der Waals surface area contributed by atoms with E-state index in [0.29, 0.717) is 6.54 Å². The second-order valence-corrected chi connectivity index (χ2v) is 6.80. The van der Waals surface area contributed by atoms with Gasteiger partial charge in [-0.1, -0.05) is 12.1 Å². The summed E-state index contributed by atoms with van der Waals surface area (Å²) in [6.45, 7) is 0.715. The number of H-pyrrole nitrogens is 1. The Morgan fingerprint density at radius 3 is 3.12 bits per heavy atom. The molecule has 0 amide bonds. The normalized spacial score (nSPS) is 16.8. The van der Waals surface area contributed by atoms with Crippen LogP contribution in [0.15, 0.2) is 46.7 Å². The summed E-state index contributed by atoms with van der Waals surface area (Å²) in [5.41, 5.74) is 4.19. The Hall–Kier alpha value is -2.31. The van der Waals surface area contributed by atoms with E-state index in [-0.39, 0.29) is 11.6 Å². The predicted octanol–water partition coefficient (Wildman–Crippen LogP) is 3.06. The van der Waals surface area contributed by atoms with Gasteiger partial charge in [0.25, 0.3) is 0 Å². The molecule has 0 aliphatic heterocycles. The number of pyridine rings is 2. The lowest BCUT2D eigenvalue weighted by Gasteiger charge is -2.25. The maximum Gasteiger partial charge on any atom is 0.248 e. The lowest BCUT2D eigenvalue weighted by Crippen LogP contribution is -2.27. The summed E-state index contributed by atoms with van der Waals surface area (Å²) in [6.07, 6.45) is 4.90. The second kappa shape index (κ2) is 6.67. The number of thiazole rings is 1. The Labute approximate surface area is 143 Å². The highest BCUT2D eigenvalue weighted by atomic mass is 32.1. The van der Waals surface area contributed by atoms with Crippen molar-refractivity contribution in [3.8, 4) is 10.7 Å². The molecule has 3 heterocycles. The molecule has 5 nitrogen and oxygen atoms in total. The minimum absolute atomic E-state index is 0.0195. The van der Waals surface area contributed by atoms with Gasteiger partial charge in [-0.2, -0.15) is 0 Å². The zero-order valence-corrected chi connectivity index (χ0v) is 14.0. The fourth-order valence-electron chi connectivity index (χ4n) is 3.14. The maximum atomic E-state index is 11.5. The van der Waals surface area contributed by atoms with Gasteiger partial charge in [-0.3, -0.25) is 9.78 Å². The number of aromatic nitrogens is 3. The van der Waals surface area contributed by atoms with Crippen molar-refractivity contribution in [2.24, 2.45) is 0 Å². The van der Waals surface area contributed by atoms with E-state index in [1.807, 2.05) is 24.3 Å². The van der Waals surface area contributed by atoms with Gasteiger partial charge in [0.2, 0.25) is 5.56 Å². The highest BCUT2D eigenvalue weighted by Gasteiger charge is 2.20. The number of nitrogens with zero attached hydrogens (tertiary/aromatic N) is 2. The number of rotatable bonds is 4. The van der Waals surface area contributed by atoms with E-state index in [1.54, 1.807) is 23.6 Å². The molecule has 0 fully saturated rings. The topological polar surface area (TPSA) is 70.7 Å². The van der Waals surface area contributed by atoms with Crippen LogP contribution in [0.2, 0.25) is 0 Å². The standard InChI is InChI=1S/C18H18N4OS/c23-17-8-7-13-14(5-3-6-15(13)22-17)20-10-12-11-24-18(21-12)16-4-1-2-9-19-16/h1-2,4,7-9,11,14,20H,3,5-6,10H2,(H,22,23). The summed E-state index contributed by atoms with van der Waals surface area (Å²) in [5, 5.41) is 6.60. The third kappa shape index (κ3) is 3.16.